The third-order valence-electron chi connectivity index (χ3n) is 7.61. The van der Waals surface area contributed by atoms with Crippen LogP contribution in [0.4, 0.5) is 15.0 Å². The molecule has 4 saturated heterocycles. The number of ether oxygens (including phenoxy) is 3. The topological polar surface area (TPSA) is 93.2 Å². The number of hydrogen-bond donors (Lipinski definition) is 0. The number of likely N-dealkylation sites (tertiary alicyclic amines) is 1. The molecule has 12 heteroatoms. The molecule has 4 bridgehead atoms. The van der Waals surface area contributed by atoms with Crippen molar-refractivity contribution in [1.29, 1.82) is 0 Å². The van der Waals surface area contributed by atoms with Crippen molar-refractivity contribution >= 4 is 34.4 Å². The van der Waals surface area contributed by atoms with Crippen LogP contribution in [0.1, 0.15) is 40.0 Å². The Balaban J connectivity index is 1.23. The van der Waals surface area contributed by atoms with Gasteiger partial charge in [-0.2, -0.15) is 9.97 Å². The van der Waals surface area contributed by atoms with Gasteiger partial charge in [-0.3, -0.25) is 9.80 Å². The summed E-state index contributed by atoms with van der Waals surface area (Å²) < 4.78 is 32.3. The lowest BCUT2D eigenvalue weighted by Gasteiger charge is -2.42. The van der Waals surface area contributed by atoms with Gasteiger partial charge in [0.25, 0.3) is 0 Å². The van der Waals surface area contributed by atoms with Gasteiger partial charge in [0.05, 0.1) is 30.2 Å². The first-order valence-electron chi connectivity index (χ1n) is 12.9. The van der Waals surface area contributed by atoms with Gasteiger partial charge in [0.1, 0.15) is 23.5 Å². The van der Waals surface area contributed by atoms with Crippen LogP contribution in [-0.4, -0.2) is 100 Å². The lowest BCUT2D eigenvalue weighted by atomic mass is 10.1. The standard InChI is InChI=1S/C25H32ClFN6O4/c1-25(2,3)37-24(34)33-14-4-5-15(33)11-32(10-14)22-18-9-28-21(26)19(27)20(18)29-23(30-22)35-7-6-31-12-17-8-16(31)13-36-17/h9,14-17H,4-8,10-13H2,1-3H3/t14-,15-,16-,17-/m0/s1. The SMILES string of the molecule is CC(C)(C)OC(=O)N1[C@H]2CC[C@H]1CN(c1nc(OCCN3C[C@@H]4C[C@H]3CO4)nc3c(F)c(Cl)ncc13)C2. The van der Waals surface area contributed by atoms with Gasteiger partial charge in [-0.25, -0.2) is 14.2 Å². The number of nitrogens with zero attached hydrogens (tertiary/aromatic N) is 6. The zero-order chi connectivity index (χ0) is 25.9. The van der Waals surface area contributed by atoms with Gasteiger partial charge in [-0.05, 0) is 40.0 Å². The van der Waals surface area contributed by atoms with Crippen molar-refractivity contribution in [2.24, 2.45) is 0 Å². The van der Waals surface area contributed by atoms with Crippen molar-refractivity contribution in [3.63, 3.8) is 0 Å². The number of morpholine rings is 1. The highest BCUT2D eigenvalue weighted by Gasteiger charge is 2.45. The molecular formula is C25H32ClFN6O4. The number of piperazine rings is 1. The van der Waals surface area contributed by atoms with E-state index in [0.717, 1.165) is 39.0 Å². The number of halogens is 2. The van der Waals surface area contributed by atoms with E-state index >= 15 is 4.39 Å². The number of rotatable bonds is 5. The van der Waals surface area contributed by atoms with Crippen molar-refractivity contribution in [1.82, 2.24) is 24.8 Å². The Morgan fingerprint density at radius 2 is 1.95 bits per heavy atom. The van der Waals surface area contributed by atoms with Gasteiger partial charge in [-0.1, -0.05) is 11.6 Å². The Bertz CT molecular complexity index is 1200. The van der Waals surface area contributed by atoms with Gasteiger partial charge in [-0.15, -0.1) is 0 Å². The molecule has 6 rings (SSSR count). The quantitative estimate of drug-likeness (QED) is 0.536. The summed E-state index contributed by atoms with van der Waals surface area (Å²) in [7, 11) is 0. The third kappa shape index (κ3) is 4.77. The fourth-order valence-corrected chi connectivity index (χ4v) is 6.14. The summed E-state index contributed by atoms with van der Waals surface area (Å²) in [6.45, 7) is 9.45. The molecule has 10 nitrogen and oxygen atoms in total. The van der Waals surface area contributed by atoms with E-state index in [4.69, 9.17) is 30.8 Å². The molecule has 0 aliphatic carbocycles. The number of fused-ring (bicyclic) bond motifs is 5. The highest BCUT2D eigenvalue weighted by Crippen LogP contribution is 2.37. The molecule has 2 aromatic heterocycles. The molecule has 6 heterocycles. The van der Waals surface area contributed by atoms with Gasteiger partial charge < -0.3 is 19.1 Å². The second-order valence-corrected chi connectivity index (χ2v) is 11.7. The van der Waals surface area contributed by atoms with Crippen LogP contribution in [-0.2, 0) is 9.47 Å². The number of amides is 1. The predicted octanol–water partition coefficient (Wildman–Crippen LogP) is 3.26. The average Bonchev–Trinajstić information content (AvgIpc) is 3.53. The van der Waals surface area contributed by atoms with Gasteiger partial charge in [0.2, 0.25) is 0 Å². The lowest BCUT2D eigenvalue weighted by molar-refractivity contribution is 0.0122. The number of carbonyl (C=O) groups is 1. The summed E-state index contributed by atoms with van der Waals surface area (Å²) in [6.07, 6.45) is 4.32. The molecule has 0 saturated carbocycles. The minimum Gasteiger partial charge on any atom is -0.462 e. The van der Waals surface area contributed by atoms with Crippen molar-refractivity contribution < 1.29 is 23.4 Å². The zero-order valence-corrected chi connectivity index (χ0v) is 22.1. The Morgan fingerprint density at radius 3 is 2.59 bits per heavy atom. The van der Waals surface area contributed by atoms with Crippen LogP contribution in [0.25, 0.3) is 10.9 Å². The van der Waals surface area contributed by atoms with E-state index in [-0.39, 0.29) is 34.9 Å². The second kappa shape index (κ2) is 9.36. The number of hydrogen-bond acceptors (Lipinski definition) is 9. The first-order chi connectivity index (χ1) is 17.7. The van der Waals surface area contributed by atoms with E-state index in [9.17, 15) is 4.79 Å². The summed E-state index contributed by atoms with van der Waals surface area (Å²) in [5.74, 6) is -0.158. The minimum atomic E-state index is -0.697. The molecule has 2 aromatic rings. The maximum Gasteiger partial charge on any atom is 0.410 e. The molecule has 4 aliphatic rings. The Hall–Kier alpha value is -2.50. The van der Waals surface area contributed by atoms with Crippen molar-refractivity contribution in [2.75, 3.05) is 44.3 Å². The van der Waals surface area contributed by atoms with Crippen molar-refractivity contribution in [3.05, 3.63) is 17.2 Å². The van der Waals surface area contributed by atoms with Crippen LogP contribution in [0.15, 0.2) is 6.20 Å². The fraction of sp³-hybridized carbons (Fsp3) is 0.680. The Labute approximate surface area is 220 Å². The Kier molecular flexibility index (Phi) is 6.27. The number of anilines is 1. The second-order valence-electron chi connectivity index (χ2n) is 11.3. The molecule has 0 unspecified atom stereocenters. The summed E-state index contributed by atoms with van der Waals surface area (Å²) in [4.78, 5) is 32.2. The maximum atomic E-state index is 15.0. The van der Waals surface area contributed by atoms with Crippen LogP contribution >= 0.6 is 11.6 Å². The molecule has 4 fully saturated rings. The fourth-order valence-electron chi connectivity index (χ4n) is 6.00. The summed E-state index contributed by atoms with van der Waals surface area (Å²) in [5, 5.41) is 0.222. The molecule has 0 N–H and O–H groups in total. The third-order valence-corrected chi connectivity index (χ3v) is 7.87. The molecule has 4 atom stereocenters. The molecule has 37 heavy (non-hydrogen) atoms. The van der Waals surface area contributed by atoms with Crippen LogP contribution in [0.2, 0.25) is 5.15 Å². The lowest BCUT2D eigenvalue weighted by Crippen LogP contribution is -2.57. The summed E-state index contributed by atoms with van der Waals surface area (Å²) >= 11 is 5.99. The van der Waals surface area contributed by atoms with Crippen LogP contribution < -0.4 is 9.64 Å². The molecule has 200 valence electrons. The monoisotopic (exact) mass is 534 g/mol. The molecule has 0 radical (unpaired) electrons. The number of aromatic nitrogens is 3. The average molecular weight is 535 g/mol. The van der Waals surface area contributed by atoms with Gasteiger partial charge >= 0.3 is 12.1 Å². The largest absolute Gasteiger partial charge is 0.462 e. The highest BCUT2D eigenvalue weighted by atomic mass is 35.5. The van der Waals surface area contributed by atoms with Crippen molar-refractivity contribution in [3.8, 4) is 6.01 Å². The summed E-state index contributed by atoms with van der Waals surface area (Å²) in [6, 6.07) is 0.480. The van der Waals surface area contributed by atoms with Crippen LogP contribution in [0.3, 0.4) is 0 Å². The summed E-state index contributed by atoms with van der Waals surface area (Å²) in [5.41, 5.74) is -0.483. The van der Waals surface area contributed by atoms with E-state index in [0.29, 0.717) is 43.0 Å². The molecule has 0 spiro atoms. The molecule has 4 aliphatic heterocycles. The zero-order valence-electron chi connectivity index (χ0n) is 21.3. The van der Waals surface area contributed by atoms with Crippen LogP contribution in [0, 0.1) is 5.82 Å². The van der Waals surface area contributed by atoms with Crippen LogP contribution in [0.5, 0.6) is 6.01 Å². The normalized spacial score (nSPS) is 27.4. The van der Waals surface area contributed by atoms with E-state index in [1.807, 2.05) is 25.7 Å². The van der Waals surface area contributed by atoms with E-state index in [2.05, 4.69) is 19.8 Å². The molecule has 0 aromatic carbocycles. The van der Waals surface area contributed by atoms with E-state index in [1.165, 1.54) is 6.20 Å². The number of pyridine rings is 1. The predicted molar refractivity (Wildman–Crippen MR) is 135 cm³/mol. The van der Waals surface area contributed by atoms with Gasteiger partial charge in [0.15, 0.2) is 11.0 Å². The van der Waals surface area contributed by atoms with Gasteiger partial charge in [0, 0.05) is 38.4 Å². The maximum absolute atomic E-state index is 15.0. The van der Waals surface area contributed by atoms with E-state index in [1.54, 1.807) is 0 Å². The van der Waals surface area contributed by atoms with Crippen molar-refractivity contribution in [2.45, 2.75) is 69.9 Å². The highest BCUT2D eigenvalue weighted by molar-refractivity contribution is 6.30. The number of carbonyl (C=O) groups excluding carboxylic acids is 1. The van der Waals surface area contributed by atoms with E-state index < -0.39 is 11.4 Å². The molecule has 1 amide bonds. The smallest absolute Gasteiger partial charge is 0.410 e. The first kappa shape index (κ1) is 24.8. The Morgan fingerprint density at radius 1 is 1.19 bits per heavy atom. The first-order valence-corrected chi connectivity index (χ1v) is 13.3. The molecular weight excluding hydrogens is 503 g/mol. The minimum absolute atomic E-state index is 0.0269.